The molecule has 0 fully saturated rings. The Morgan fingerprint density at radius 3 is 2.96 bits per heavy atom. The minimum Gasteiger partial charge on any atom is -0.494 e. The second-order valence-corrected chi connectivity index (χ2v) is 6.50. The van der Waals surface area contributed by atoms with Gasteiger partial charge in [0.25, 0.3) is 0 Å². The molecular formula is C21H23N3O2. The van der Waals surface area contributed by atoms with Crippen molar-refractivity contribution < 1.29 is 9.47 Å². The maximum atomic E-state index is 5.83. The highest BCUT2D eigenvalue weighted by atomic mass is 16.5. The van der Waals surface area contributed by atoms with Gasteiger partial charge < -0.3 is 14.0 Å². The molecule has 0 atom stereocenters. The van der Waals surface area contributed by atoms with E-state index >= 15 is 0 Å². The van der Waals surface area contributed by atoms with Crippen molar-refractivity contribution in [1.82, 2.24) is 14.5 Å². The van der Waals surface area contributed by atoms with Crippen molar-refractivity contribution in [2.75, 3.05) is 13.2 Å². The molecule has 134 valence electrons. The van der Waals surface area contributed by atoms with Crippen molar-refractivity contribution in [2.24, 2.45) is 7.05 Å². The molecule has 0 bridgehead atoms. The Bertz CT molecular complexity index is 959. The third kappa shape index (κ3) is 3.17. The van der Waals surface area contributed by atoms with Crippen LogP contribution in [0, 0.1) is 0 Å². The molecule has 0 saturated carbocycles. The molecule has 3 heterocycles. The lowest BCUT2D eigenvalue weighted by Crippen LogP contribution is -1.97. The first-order chi connectivity index (χ1) is 12.8. The van der Waals surface area contributed by atoms with E-state index < -0.39 is 0 Å². The van der Waals surface area contributed by atoms with Gasteiger partial charge in [-0.1, -0.05) is 25.5 Å². The summed E-state index contributed by atoms with van der Waals surface area (Å²) < 4.78 is 13.6. The number of benzene rings is 1. The second-order valence-electron chi connectivity index (χ2n) is 6.50. The van der Waals surface area contributed by atoms with Crippen LogP contribution in [0.4, 0.5) is 0 Å². The van der Waals surface area contributed by atoms with Gasteiger partial charge in [0.2, 0.25) is 0 Å². The van der Waals surface area contributed by atoms with Gasteiger partial charge in [-0.25, -0.2) is 9.97 Å². The van der Waals surface area contributed by atoms with Crippen LogP contribution in [0.15, 0.2) is 42.6 Å². The van der Waals surface area contributed by atoms with E-state index in [0.29, 0.717) is 0 Å². The lowest BCUT2D eigenvalue weighted by molar-refractivity contribution is 0.307. The number of ether oxygens (including phenoxy) is 2. The summed E-state index contributed by atoms with van der Waals surface area (Å²) in [6.45, 7) is 3.64. The second kappa shape index (κ2) is 7.20. The zero-order valence-electron chi connectivity index (χ0n) is 15.2. The number of aromatic nitrogens is 3. The van der Waals surface area contributed by atoms with E-state index in [2.05, 4.69) is 34.7 Å². The van der Waals surface area contributed by atoms with Gasteiger partial charge in [-0.05, 0) is 30.7 Å². The number of rotatable bonds is 6. The predicted octanol–water partition coefficient (Wildman–Crippen LogP) is 4.58. The number of hydrogen-bond donors (Lipinski definition) is 0. The van der Waals surface area contributed by atoms with Gasteiger partial charge in [-0.15, -0.1) is 0 Å². The summed E-state index contributed by atoms with van der Waals surface area (Å²) in [5, 5.41) is 0. The van der Waals surface area contributed by atoms with Crippen molar-refractivity contribution in [1.29, 1.82) is 0 Å². The Balaban J connectivity index is 1.68. The van der Waals surface area contributed by atoms with E-state index in [1.807, 2.05) is 31.4 Å². The first-order valence-electron chi connectivity index (χ1n) is 9.15. The van der Waals surface area contributed by atoms with E-state index in [9.17, 15) is 0 Å². The molecule has 1 aliphatic rings. The SMILES string of the molecule is CCCCOc1cccc(-c2nc3ncc(C4=CCCO4)cc3n2C)c1. The average molecular weight is 349 g/mol. The highest BCUT2D eigenvalue weighted by Crippen LogP contribution is 2.28. The van der Waals surface area contributed by atoms with Gasteiger partial charge in [0.15, 0.2) is 5.65 Å². The zero-order valence-corrected chi connectivity index (χ0v) is 15.2. The molecule has 5 heteroatoms. The molecule has 1 aromatic carbocycles. The Morgan fingerprint density at radius 2 is 2.15 bits per heavy atom. The van der Waals surface area contributed by atoms with Gasteiger partial charge in [-0.2, -0.15) is 0 Å². The number of hydrogen-bond acceptors (Lipinski definition) is 4. The van der Waals surface area contributed by atoms with Crippen molar-refractivity contribution >= 4 is 16.9 Å². The Kier molecular flexibility index (Phi) is 4.61. The molecule has 2 aromatic heterocycles. The standard InChI is InChI=1S/C21H23N3O2/c1-3-4-10-25-17-8-5-7-15(12-17)21-23-20-18(24(21)2)13-16(14-22-20)19-9-6-11-26-19/h5,7-9,12-14H,3-4,6,10-11H2,1-2H3. The number of fused-ring (bicyclic) bond motifs is 1. The van der Waals surface area contributed by atoms with Gasteiger partial charge >= 0.3 is 0 Å². The number of pyridine rings is 1. The van der Waals surface area contributed by atoms with Crippen LogP contribution in [-0.2, 0) is 11.8 Å². The molecule has 0 radical (unpaired) electrons. The van der Waals surface area contributed by atoms with Gasteiger partial charge in [0.1, 0.15) is 17.3 Å². The van der Waals surface area contributed by atoms with Crippen LogP contribution in [-0.4, -0.2) is 27.7 Å². The normalized spacial score (nSPS) is 13.7. The third-order valence-corrected chi connectivity index (χ3v) is 4.59. The van der Waals surface area contributed by atoms with Crippen molar-refractivity contribution in [2.45, 2.75) is 26.2 Å². The number of unbranched alkanes of at least 4 members (excludes halogenated alkanes) is 1. The molecule has 0 unspecified atom stereocenters. The third-order valence-electron chi connectivity index (χ3n) is 4.59. The zero-order chi connectivity index (χ0) is 17.9. The molecule has 5 nitrogen and oxygen atoms in total. The van der Waals surface area contributed by atoms with Crippen LogP contribution < -0.4 is 4.74 Å². The molecule has 0 N–H and O–H groups in total. The molecule has 0 amide bonds. The molecule has 26 heavy (non-hydrogen) atoms. The summed E-state index contributed by atoms with van der Waals surface area (Å²) >= 11 is 0. The summed E-state index contributed by atoms with van der Waals surface area (Å²) in [4.78, 5) is 9.26. The van der Waals surface area contributed by atoms with Crippen LogP contribution >= 0.6 is 0 Å². The summed E-state index contributed by atoms with van der Waals surface area (Å²) in [5.74, 6) is 2.67. The Hall–Kier alpha value is -2.82. The fourth-order valence-electron chi connectivity index (χ4n) is 3.14. The first-order valence-corrected chi connectivity index (χ1v) is 9.15. The van der Waals surface area contributed by atoms with E-state index in [-0.39, 0.29) is 0 Å². The summed E-state index contributed by atoms with van der Waals surface area (Å²) in [5.41, 5.74) is 3.76. The smallest absolute Gasteiger partial charge is 0.178 e. The topological polar surface area (TPSA) is 49.2 Å². The molecule has 4 rings (SSSR count). The Morgan fingerprint density at radius 1 is 1.23 bits per heavy atom. The lowest BCUT2D eigenvalue weighted by Gasteiger charge is -2.08. The van der Waals surface area contributed by atoms with E-state index in [4.69, 9.17) is 14.5 Å². The first kappa shape index (κ1) is 16.6. The summed E-state index contributed by atoms with van der Waals surface area (Å²) in [6, 6.07) is 10.2. The van der Waals surface area contributed by atoms with Gasteiger partial charge in [-0.3, -0.25) is 0 Å². The minimum atomic E-state index is 0.738. The van der Waals surface area contributed by atoms with Crippen LogP contribution in [0.25, 0.3) is 28.3 Å². The molecule has 1 aliphatic heterocycles. The predicted molar refractivity (Wildman–Crippen MR) is 103 cm³/mol. The maximum Gasteiger partial charge on any atom is 0.178 e. The van der Waals surface area contributed by atoms with E-state index in [1.165, 1.54) is 0 Å². The molecule has 3 aromatic rings. The fourth-order valence-corrected chi connectivity index (χ4v) is 3.14. The van der Waals surface area contributed by atoms with Gasteiger partial charge in [0, 0.05) is 30.8 Å². The van der Waals surface area contributed by atoms with Crippen molar-refractivity contribution in [3.8, 4) is 17.1 Å². The minimum absolute atomic E-state index is 0.738. The molecule has 0 aliphatic carbocycles. The summed E-state index contributed by atoms with van der Waals surface area (Å²) in [7, 11) is 2.02. The highest BCUT2D eigenvalue weighted by molar-refractivity contribution is 5.80. The number of imidazole rings is 1. The quantitative estimate of drug-likeness (QED) is 0.612. The largest absolute Gasteiger partial charge is 0.494 e. The monoisotopic (exact) mass is 349 g/mol. The average Bonchev–Trinajstić information content (AvgIpc) is 3.31. The maximum absolute atomic E-state index is 5.83. The number of aryl methyl sites for hydroxylation is 1. The lowest BCUT2D eigenvalue weighted by atomic mass is 10.2. The van der Waals surface area contributed by atoms with Gasteiger partial charge in [0.05, 0.1) is 18.7 Å². The van der Waals surface area contributed by atoms with Crippen LogP contribution in [0.1, 0.15) is 31.7 Å². The molecule has 0 spiro atoms. The van der Waals surface area contributed by atoms with Crippen molar-refractivity contribution in [3.63, 3.8) is 0 Å². The Labute approximate surface area is 153 Å². The van der Waals surface area contributed by atoms with Crippen molar-refractivity contribution in [3.05, 3.63) is 48.2 Å². The summed E-state index contributed by atoms with van der Waals surface area (Å²) in [6.07, 6.45) is 7.08. The van der Waals surface area contributed by atoms with Crippen LogP contribution in [0.3, 0.4) is 0 Å². The molecular weight excluding hydrogens is 326 g/mol. The van der Waals surface area contributed by atoms with E-state index in [0.717, 1.165) is 72.1 Å². The van der Waals surface area contributed by atoms with Crippen LogP contribution in [0.5, 0.6) is 5.75 Å². The van der Waals surface area contributed by atoms with E-state index in [1.54, 1.807) is 0 Å². The fraction of sp³-hybridized carbons (Fsp3) is 0.333. The molecule has 0 saturated heterocycles. The van der Waals surface area contributed by atoms with Crippen LogP contribution in [0.2, 0.25) is 0 Å². The number of nitrogens with zero attached hydrogens (tertiary/aromatic N) is 3. The highest BCUT2D eigenvalue weighted by Gasteiger charge is 2.15.